The highest BCUT2D eigenvalue weighted by molar-refractivity contribution is 9.10. The van der Waals surface area contributed by atoms with E-state index in [0.717, 1.165) is 4.47 Å². The second kappa shape index (κ2) is 4.32. The first-order valence-corrected chi connectivity index (χ1v) is 4.72. The normalized spacial score (nSPS) is 9.64. The first-order valence-electron chi connectivity index (χ1n) is 3.93. The Kier molecular flexibility index (Phi) is 3.35. The lowest BCUT2D eigenvalue weighted by Crippen LogP contribution is -2.32. The van der Waals surface area contributed by atoms with Crippen molar-refractivity contribution in [1.29, 1.82) is 0 Å². The van der Waals surface area contributed by atoms with Crippen LogP contribution in [0.2, 0.25) is 0 Å². The highest BCUT2D eigenvalue weighted by atomic mass is 79.9. The molecule has 14 heavy (non-hydrogen) atoms. The van der Waals surface area contributed by atoms with Gasteiger partial charge in [0.05, 0.1) is 12.8 Å². The van der Waals surface area contributed by atoms with Crippen LogP contribution in [0.4, 0.5) is 10.5 Å². The Morgan fingerprint density at radius 1 is 1.57 bits per heavy atom. The highest BCUT2D eigenvalue weighted by Crippen LogP contribution is 2.30. The number of carbonyl (C=O) groups is 1. The van der Waals surface area contributed by atoms with Gasteiger partial charge in [0, 0.05) is 11.5 Å². The second-order valence-electron chi connectivity index (χ2n) is 2.71. The summed E-state index contributed by atoms with van der Waals surface area (Å²) in [5.74, 6) is 0.606. The number of methoxy groups -OCH3 is 1. The number of nitrogens with zero attached hydrogens (tertiary/aromatic N) is 1. The molecule has 0 unspecified atom stereocenters. The summed E-state index contributed by atoms with van der Waals surface area (Å²) in [6.07, 6.45) is 0. The van der Waals surface area contributed by atoms with Crippen LogP contribution in [-0.2, 0) is 0 Å². The van der Waals surface area contributed by atoms with Gasteiger partial charge in [-0.15, -0.1) is 0 Å². The summed E-state index contributed by atoms with van der Waals surface area (Å²) in [4.78, 5) is 12.3. The second-order valence-corrected chi connectivity index (χ2v) is 3.63. The van der Waals surface area contributed by atoms with Crippen LogP contribution in [0.3, 0.4) is 0 Å². The SMILES string of the molecule is COc1ccc(Br)cc1N(C)C(N)=O. The molecule has 2 N–H and O–H groups in total. The maximum absolute atomic E-state index is 11.0. The van der Waals surface area contributed by atoms with E-state index in [9.17, 15) is 4.79 Å². The molecule has 4 nitrogen and oxygen atoms in total. The number of anilines is 1. The van der Waals surface area contributed by atoms with Crippen molar-refractivity contribution in [3.05, 3.63) is 22.7 Å². The van der Waals surface area contributed by atoms with Crippen molar-refractivity contribution in [2.24, 2.45) is 5.73 Å². The van der Waals surface area contributed by atoms with Gasteiger partial charge < -0.3 is 10.5 Å². The highest BCUT2D eigenvalue weighted by Gasteiger charge is 2.12. The first-order chi connectivity index (χ1) is 6.56. The Hall–Kier alpha value is -1.23. The van der Waals surface area contributed by atoms with Crippen LogP contribution in [0.1, 0.15) is 0 Å². The van der Waals surface area contributed by atoms with Crippen LogP contribution in [0.5, 0.6) is 5.75 Å². The minimum Gasteiger partial charge on any atom is -0.495 e. The van der Waals surface area contributed by atoms with Gasteiger partial charge in [0.2, 0.25) is 0 Å². The lowest BCUT2D eigenvalue weighted by atomic mass is 10.3. The van der Waals surface area contributed by atoms with Crippen LogP contribution >= 0.6 is 15.9 Å². The minimum absolute atomic E-state index is 0.526. The summed E-state index contributed by atoms with van der Waals surface area (Å²) in [5.41, 5.74) is 5.79. The molecule has 0 radical (unpaired) electrons. The molecule has 5 heteroatoms. The summed E-state index contributed by atoms with van der Waals surface area (Å²) in [5, 5.41) is 0. The van der Waals surface area contributed by atoms with Gasteiger partial charge in [0.25, 0.3) is 0 Å². The van der Waals surface area contributed by atoms with E-state index >= 15 is 0 Å². The van der Waals surface area contributed by atoms with Crippen molar-refractivity contribution in [3.8, 4) is 5.75 Å². The largest absolute Gasteiger partial charge is 0.495 e. The average molecular weight is 259 g/mol. The van der Waals surface area contributed by atoms with Crippen LogP contribution < -0.4 is 15.4 Å². The molecule has 0 bridgehead atoms. The summed E-state index contributed by atoms with van der Waals surface area (Å²) < 4.78 is 5.96. The third-order valence-electron chi connectivity index (χ3n) is 1.83. The van der Waals surface area contributed by atoms with Crippen molar-refractivity contribution < 1.29 is 9.53 Å². The maximum Gasteiger partial charge on any atom is 0.319 e. The minimum atomic E-state index is -0.526. The van der Waals surface area contributed by atoms with E-state index in [2.05, 4.69) is 15.9 Å². The first kappa shape index (κ1) is 10.8. The molecule has 0 saturated heterocycles. The number of halogens is 1. The molecule has 0 aliphatic heterocycles. The molecule has 0 atom stereocenters. The summed E-state index contributed by atoms with van der Waals surface area (Å²) in [6, 6.07) is 4.83. The fourth-order valence-corrected chi connectivity index (χ4v) is 1.39. The van der Waals surface area contributed by atoms with E-state index in [1.807, 2.05) is 6.07 Å². The smallest absolute Gasteiger partial charge is 0.319 e. The molecule has 2 amide bonds. The molecule has 0 saturated carbocycles. The van der Waals surface area contributed by atoms with Crippen LogP contribution in [0, 0.1) is 0 Å². The molecular weight excluding hydrogens is 248 g/mol. The molecule has 0 aliphatic rings. The fraction of sp³-hybridized carbons (Fsp3) is 0.222. The number of carbonyl (C=O) groups excluding carboxylic acids is 1. The predicted octanol–water partition coefficient (Wildman–Crippen LogP) is 1.97. The quantitative estimate of drug-likeness (QED) is 0.882. The molecule has 1 rings (SSSR count). The molecular formula is C9H11BrN2O2. The molecule has 0 spiro atoms. The lowest BCUT2D eigenvalue weighted by Gasteiger charge is -2.17. The van der Waals surface area contributed by atoms with Gasteiger partial charge in [-0.2, -0.15) is 0 Å². The van der Waals surface area contributed by atoms with Gasteiger partial charge in [-0.05, 0) is 18.2 Å². The standard InChI is InChI=1S/C9H11BrN2O2/c1-12(9(11)13)7-5-6(10)3-4-8(7)14-2/h3-5H,1-2H3,(H2,11,13). The topological polar surface area (TPSA) is 55.6 Å². The molecule has 1 aromatic rings. The van der Waals surface area contributed by atoms with Crippen molar-refractivity contribution in [2.45, 2.75) is 0 Å². The number of nitrogens with two attached hydrogens (primary N) is 1. The Balaban J connectivity index is 3.16. The number of urea groups is 1. The Labute approximate surface area is 90.8 Å². The van der Waals surface area contributed by atoms with E-state index in [1.54, 1.807) is 26.3 Å². The van der Waals surface area contributed by atoms with E-state index < -0.39 is 6.03 Å². The van der Waals surface area contributed by atoms with E-state index in [-0.39, 0.29) is 0 Å². The molecule has 1 aromatic carbocycles. The zero-order valence-electron chi connectivity index (χ0n) is 7.95. The number of ether oxygens (including phenoxy) is 1. The van der Waals surface area contributed by atoms with Gasteiger partial charge >= 0.3 is 6.03 Å². The third kappa shape index (κ3) is 2.17. The molecule has 0 aliphatic carbocycles. The van der Waals surface area contributed by atoms with Crippen LogP contribution in [0.25, 0.3) is 0 Å². The number of primary amides is 1. The average Bonchev–Trinajstić information content (AvgIpc) is 2.16. The number of hydrogen-bond acceptors (Lipinski definition) is 2. The number of amides is 2. The molecule has 0 fully saturated rings. The van der Waals surface area contributed by atoms with E-state index in [0.29, 0.717) is 11.4 Å². The van der Waals surface area contributed by atoms with Gasteiger partial charge in [-0.3, -0.25) is 4.90 Å². The lowest BCUT2D eigenvalue weighted by molar-refractivity contribution is 0.255. The molecule has 0 aromatic heterocycles. The van der Waals surface area contributed by atoms with Gasteiger partial charge in [0.1, 0.15) is 5.75 Å². The number of benzene rings is 1. The van der Waals surface area contributed by atoms with E-state index in [1.165, 1.54) is 4.90 Å². The third-order valence-corrected chi connectivity index (χ3v) is 2.33. The van der Waals surface area contributed by atoms with Gasteiger partial charge in [-0.1, -0.05) is 15.9 Å². The van der Waals surface area contributed by atoms with Crippen LogP contribution in [-0.4, -0.2) is 20.2 Å². The summed E-state index contributed by atoms with van der Waals surface area (Å²) >= 11 is 3.31. The van der Waals surface area contributed by atoms with Crippen molar-refractivity contribution in [2.75, 3.05) is 19.1 Å². The van der Waals surface area contributed by atoms with Gasteiger partial charge in [-0.25, -0.2) is 4.79 Å². The maximum atomic E-state index is 11.0. The number of hydrogen-bond donors (Lipinski definition) is 1. The Bertz CT molecular complexity index is 355. The Morgan fingerprint density at radius 2 is 2.21 bits per heavy atom. The number of rotatable bonds is 2. The van der Waals surface area contributed by atoms with Crippen molar-refractivity contribution >= 4 is 27.6 Å². The molecule has 76 valence electrons. The Morgan fingerprint density at radius 3 is 2.71 bits per heavy atom. The van der Waals surface area contributed by atoms with Crippen molar-refractivity contribution in [3.63, 3.8) is 0 Å². The van der Waals surface area contributed by atoms with E-state index in [4.69, 9.17) is 10.5 Å². The monoisotopic (exact) mass is 258 g/mol. The zero-order chi connectivity index (χ0) is 10.7. The van der Waals surface area contributed by atoms with Gasteiger partial charge in [0.15, 0.2) is 0 Å². The van der Waals surface area contributed by atoms with Crippen molar-refractivity contribution in [1.82, 2.24) is 0 Å². The summed E-state index contributed by atoms with van der Waals surface area (Å²) in [6.45, 7) is 0. The van der Waals surface area contributed by atoms with Crippen LogP contribution in [0.15, 0.2) is 22.7 Å². The fourth-order valence-electron chi connectivity index (χ4n) is 1.04. The zero-order valence-corrected chi connectivity index (χ0v) is 9.54. The summed E-state index contributed by atoms with van der Waals surface area (Å²) in [7, 11) is 3.13. The molecule has 0 heterocycles. The predicted molar refractivity (Wildman–Crippen MR) is 58.7 cm³/mol.